The Morgan fingerprint density at radius 1 is 1.36 bits per heavy atom. The minimum atomic E-state index is -3.47. The van der Waals surface area contributed by atoms with Gasteiger partial charge >= 0.3 is 0 Å². The van der Waals surface area contributed by atoms with Crippen molar-refractivity contribution < 1.29 is 13.2 Å². The molecule has 1 saturated heterocycles. The molecule has 0 bridgehead atoms. The Kier molecular flexibility index (Phi) is 4.31. The van der Waals surface area contributed by atoms with E-state index in [0.29, 0.717) is 17.3 Å². The molecule has 122 valence electrons. The van der Waals surface area contributed by atoms with E-state index in [1.807, 2.05) is 0 Å². The maximum absolute atomic E-state index is 12.8. The van der Waals surface area contributed by atoms with Crippen LogP contribution in [0.2, 0.25) is 0 Å². The van der Waals surface area contributed by atoms with E-state index in [2.05, 4.69) is 5.32 Å². The highest BCUT2D eigenvalue weighted by atomic mass is 32.2. The third-order valence-corrected chi connectivity index (χ3v) is 8.30. The van der Waals surface area contributed by atoms with Crippen LogP contribution in [0, 0.1) is 11.3 Å². The molecule has 0 aromatic carbocycles. The van der Waals surface area contributed by atoms with Crippen molar-refractivity contribution in [2.75, 3.05) is 20.1 Å². The van der Waals surface area contributed by atoms with Gasteiger partial charge in [0.25, 0.3) is 10.0 Å². The highest BCUT2D eigenvalue weighted by molar-refractivity contribution is 7.91. The molecule has 2 fully saturated rings. The number of hydrogen-bond donors (Lipinski definition) is 1. The minimum absolute atomic E-state index is 0.0224. The molecule has 5 nitrogen and oxygen atoms in total. The first-order valence-corrected chi connectivity index (χ1v) is 10.1. The van der Waals surface area contributed by atoms with Crippen molar-refractivity contribution in [1.82, 2.24) is 9.62 Å². The van der Waals surface area contributed by atoms with Crippen LogP contribution in [0.15, 0.2) is 21.7 Å². The van der Waals surface area contributed by atoms with Gasteiger partial charge in [0.15, 0.2) is 0 Å². The van der Waals surface area contributed by atoms with Crippen molar-refractivity contribution in [3.05, 3.63) is 17.5 Å². The lowest BCUT2D eigenvalue weighted by atomic mass is 9.67. The Bertz CT molecular complexity index is 634. The Morgan fingerprint density at radius 2 is 2.09 bits per heavy atom. The Balaban J connectivity index is 1.92. The number of sulfonamides is 1. The van der Waals surface area contributed by atoms with Gasteiger partial charge in [-0.1, -0.05) is 25.3 Å². The Morgan fingerprint density at radius 3 is 2.68 bits per heavy atom. The molecule has 2 heterocycles. The van der Waals surface area contributed by atoms with Crippen LogP contribution in [0.25, 0.3) is 0 Å². The molecule has 1 aliphatic carbocycles. The van der Waals surface area contributed by atoms with Crippen LogP contribution in [0.3, 0.4) is 0 Å². The smallest absolute Gasteiger partial charge is 0.252 e. The van der Waals surface area contributed by atoms with Gasteiger partial charge in [-0.05, 0) is 29.7 Å². The van der Waals surface area contributed by atoms with Crippen molar-refractivity contribution in [1.29, 1.82) is 0 Å². The first kappa shape index (κ1) is 16.0. The molecule has 0 unspecified atom stereocenters. The molecular weight excluding hydrogens is 320 g/mol. The molecule has 1 saturated carbocycles. The summed E-state index contributed by atoms with van der Waals surface area (Å²) in [6.45, 7) is 0.783. The zero-order valence-electron chi connectivity index (χ0n) is 12.7. The number of nitrogens with zero attached hydrogens (tertiary/aromatic N) is 1. The van der Waals surface area contributed by atoms with E-state index >= 15 is 0 Å². The molecule has 1 N–H and O–H groups in total. The van der Waals surface area contributed by atoms with Gasteiger partial charge in [0.2, 0.25) is 5.91 Å². The number of thiophene rings is 1. The summed E-state index contributed by atoms with van der Waals surface area (Å²) in [6.07, 6.45) is 5.24. The molecule has 1 atom stereocenters. The maximum Gasteiger partial charge on any atom is 0.252 e. The lowest BCUT2D eigenvalue weighted by molar-refractivity contribution is -0.127. The fraction of sp³-hybridized carbons (Fsp3) is 0.667. The fourth-order valence-electron chi connectivity index (χ4n) is 3.94. The third-order valence-electron chi connectivity index (χ3n) is 5.12. The van der Waals surface area contributed by atoms with Gasteiger partial charge in [-0.2, -0.15) is 4.31 Å². The van der Waals surface area contributed by atoms with Crippen LogP contribution in [0.1, 0.15) is 32.1 Å². The van der Waals surface area contributed by atoms with E-state index in [1.54, 1.807) is 24.6 Å². The lowest BCUT2D eigenvalue weighted by Gasteiger charge is -2.37. The van der Waals surface area contributed by atoms with Gasteiger partial charge in [0.05, 0.1) is 5.92 Å². The molecule has 0 radical (unpaired) electrons. The van der Waals surface area contributed by atoms with Gasteiger partial charge in [-0.15, -0.1) is 11.3 Å². The summed E-state index contributed by atoms with van der Waals surface area (Å²) in [5, 5.41) is 4.50. The van der Waals surface area contributed by atoms with Crippen LogP contribution in [0.5, 0.6) is 0 Å². The number of hydrogen-bond acceptors (Lipinski definition) is 4. The van der Waals surface area contributed by atoms with E-state index < -0.39 is 10.0 Å². The summed E-state index contributed by atoms with van der Waals surface area (Å²) in [4.78, 5) is 12.3. The van der Waals surface area contributed by atoms with Gasteiger partial charge in [-0.3, -0.25) is 4.79 Å². The molecule has 1 amide bonds. The summed E-state index contributed by atoms with van der Waals surface area (Å²) in [6, 6.07) is 3.39. The molecular formula is C15H22N2O3S2. The summed E-state index contributed by atoms with van der Waals surface area (Å²) < 4.78 is 27.5. The number of amides is 1. The first-order valence-electron chi connectivity index (χ1n) is 7.75. The normalized spacial score (nSPS) is 25.4. The zero-order valence-corrected chi connectivity index (χ0v) is 14.4. The monoisotopic (exact) mass is 342 g/mol. The molecule has 1 aromatic rings. The quantitative estimate of drug-likeness (QED) is 0.914. The van der Waals surface area contributed by atoms with Gasteiger partial charge in [0, 0.05) is 20.1 Å². The second-order valence-electron chi connectivity index (χ2n) is 6.32. The first-order chi connectivity index (χ1) is 10.5. The largest absolute Gasteiger partial charge is 0.359 e. The molecule has 3 rings (SSSR count). The van der Waals surface area contributed by atoms with Crippen molar-refractivity contribution >= 4 is 27.3 Å². The Labute approximate surface area is 135 Å². The number of rotatable bonds is 3. The second kappa shape index (κ2) is 5.94. The third kappa shape index (κ3) is 2.59. The van der Waals surface area contributed by atoms with Crippen LogP contribution in [0.4, 0.5) is 0 Å². The van der Waals surface area contributed by atoms with Crippen molar-refractivity contribution in [2.24, 2.45) is 11.3 Å². The van der Waals surface area contributed by atoms with E-state index in [0.717, 1.165) is 25.7 Å². The van der Waals surface area contributed by atoms with Crippen LogP contribution in [-0.2, 0) is 14.8 Å². The number of carbonyl (C=O) groups excluding carboxylic acids is 1. The van der Waals surface area contributed by atoms with Crippen LogP contribution < -0.4 is 5.32 Å². The Hall–Kier alpha value is -0.920. The number of nitrogens with one attached hydrogen (secondary N) is 1. The zero-order chi connectivity index (χ0) is 15.8. The van der Waals surface area contributed by atoms with E-state index in [-0.39, 0.29) is 17.2 Å². The van der Waals surface area contributed by atoms with Gasteiger partial charge in [0.1, 0.15) is 4.21 Å². The van der Waals surface area contributed by atoms with Crippen molar-refractivity contribution in [3.8, 4) is 0 Å². The average molecular weight is 342 g/mol. The highest BCUT2D eigenvalue weighted by Gasteiger charge is 2.52. The standard InChI is InChI=1S/C15H22N2O3S2/c1-16-14(18)12-10-17(11-15(12)7-3-2-4-8-15)22(19,20)13-6-5-9-21-13/h5-6,9,12H,2-4,7-8,10-11H2,1H3,(H,16,18)/t12-/m0/s1. The van der Waals surface area contributed by atoms with Crippen molar-refractivity contribution in [3.63, 3.8) is 0 Å². The maximum atomic E-state index is 12.8. The molecule has 2 aliphatic rings. The summed E-state index contributed by atoms with van der Waals surface area (Å²) in [5.41, 5.74) is -0.178. The summed E-state index contributed by atoms with van der Waals surface area (Å²) in [7, 11) is -1.84. The summed E-state index contributed by atoms with van der Waals surface area (Å²) in [5.74, 6) is -0.252. The minimum Gasteiger partial charge on any atom is -0.359 e. The fourth-order valence-corrected chi connectivity index (χ4v) is 6.64. The number of carbonyl (C=O) groups is 1. The van der Waals surface area contributed by atoms with E-state index in [1.165, 1.54) is 22.1 Å². The van der Waals surface area contributed by atoms with Crippen molar-refractivity contribution in [2.45, 2.75) is 36.3 Å². The molecule has 1 aromatic heterocycles. The van der Waals surface area contributed by atoms with Crippen LogP contribution >= 0.6 is 11.3 Å². The average Bonchev–Trinajstić information content (AvgIpc) is 3.16. The van der Waals surface area contributed by atoms with E-state index in [4.69, 9.17) is 0 Å². The SMILES string of the molecule is CNC(=O)[C@@H]1CN(S(=O)(=O)c2cccs2)CC12CCCCC2. The predicted octanol–water partition coefficient (Wildman–Crippen LogP) is 2.07. The summed E-state index contributed by atoms with van der Waals surface area (Å²) >= 11 is 1.24. The molecule has 1 aliphatic heterocycles. The van der Waals surface area contributed by atoms with E-state index in [9.17, 15) is 13.2 Å². The molecule has 7 heteroatoms. The van der Waals surface area contributed by atoms with Gasteiger partial charge in [-0.25, -0.2) is 8.42 Å². The topological polar surface area (TPSA) is 66.5 Å². The van der Waals surface area contributed by atoms with Gasteiger partial charge < -0.3 is 5.32 Å². The highest BCUT2D eigenvalue weighted by Crippen LogP contribution is 2.49. The molecule has 22 heavy (non-hydrogen) atoms. The second-order valence-corrected chi connectivity index (χ2v) is 9.43. The lowest BCUT2D eigenvalue weighted by Crippen LogP contribution is -2.41. The predicted molar refractivity (Wildman–Crippen MR) is 86.2 cm³/mol. The van der Waals surface area contributed by atoms with Crippen LogP contribution in [-0.4, -0.2) is 38.8 Å². The molecule has 1 spiro atoms.